The Hall–Kier alpha value is -7.89. The summed E-state index contributed by atoms with van der Waals surface area (Å²) in [5.74, 6) is 0.888. The van der Waals surface area contributed by atoms with Crippen molar-refractivity contribution >= 4 is 65.2 Å². The van der Waals surface area contributed by atoms with Gasteiger partial charge in [0.25, 0.3) is 0 Å². The van der Waals surface area contributed by atoms with E-state index in [-0.39, 0.29) is 0 Å². The lowest BCUT2D eigenvalue weighted by atomic mass is 9.92. The van der Waals surface area contributed by atoms with Crippen molar-refractivity contribution in [2.75, 3.05) is 0 Å². The van der Waals surface area contributed by atoms with Gasteiger partial charge in [0.15, 0.2) is 0 Å². The highest BCUT2D eigenvalue weighted by molar-refractivity contribution is 6.25. The lowest BCUT2D eigenvalue weighted by Crippen LogP contribution is -1.99. The van der Waals surface area contributed by atoms with E-state index in [0.29, 0.717) is 0 Å². The van der Waals surface area contributed by atoms with Crippen LogP contribution in [0.3, 0.4) is 0 Å². The second-order valence-corrected chi connectivity index (χ2v) is 14.9. The molecule has 0 aliphatic carbocycles. The third kappa shape index (κ3) is 5.00. The summed E-state index contributed by atoms with van der Waals surface area (Å²) in [4.78, 5) is 13.8. The van der Waals surface area contributed by atoms with Crippen LogP contribution in [0.1, 0.15) is 0 Å². The molecule has 0 saturated carbocycles. The van der Waals surface area contributed by atoms with Crippen molar-refractivity contribution < 1.29 is 0 Å². The molecule has 3 heterocycles. The lowest BCUT2D eigenvalue weighted by molar-refractivity contribution is 1.09. The van der Waals surface area contributed by atoms with Gasteiger partial charge in [-0.3, -0.25) is 14.5 Å². The topological polar surface area (TPSA) is 48.5 Å². The number of benzene rings is 9. The third-order valence-electron chi connectivity index (χ3n) is 11.7. The fraction of sp³-hybridized carbons (Fsp3) is 0. The molecule has 0 bridgehead atoms. The summed E-state index contributed by atoms with van der Waals surface area (Å²) in [6.07, 6.45) is 5.20. The maximum Gasteiger partial charge on any atom is 0.145 e. The minimum absolute atomic E-state index is 0.843. The number of fused-ring (bicyclic) bond motifs is 10. The van der Waals surface area contributed by atoms with Crippen molar-refractivity contribution in [3.05, 3.63) is 201 Å². The Labute approximate surface area is 333 Å². The number of para-hydroxylation sites is 3. The molecule has 9 aromatic carbocycles. The minimum atomic E-state index is 0.843. The van der Waals surface area contributed by atoms with Gasteiger partial charge in [-0.15, -0.1) is 0 Å². The first kappa shape index (κ1) is 32.4. The van der Waals surface area contributed by atoms with E-state index in [1.807, 2.05) is 6.07 Å². The molecule has 12 aromatic rings. The van der Waals surface area contributed by atoms with Gasteiger partial charge in [0.1, 0.15) is 5.82 Å². The monoisotopic (exact) mass is 739 g/mol. The molecule has 0 saturated heterocycles. The van der Waals surface area contributed by atoms with Gasteiger partial charge in [-0.25, -0.2) is 4.98 Å². The van der Waals surface area contributed by atoms with Crippen LogP contribution in [0.5, 0.6) is 0 Å². The zero-order valence-electron chi connectivity index (χ0n) is 31.3. The molecule has 5 nitrogen and oxygen atoms in total. The van der Waals surface area contributed by atoms with Gasteiger partial charge in [0.05, 0.1) is 34.0 Å². The average molecular weight is 740 g/mol. The van der Waals surface area contributed by atoms with Crippen LogP contribution in [-0.4, -0.2) is 24.1 Å². The molecule has 0 aliphatic heterocycles. The SMILES string of the molecule is c1ccc2c(c1)nc(-c1ccc(-c3cnccn3)cc1)n2-c1ccc(-n2c3ccccc3c3cc(-c4ccc5c6ccccc6c6ccccc6c5c4)ccc32)cc1. The highest BCUT2D eigenvalue weighted by Crippen LogP contribution is 2.40. The molecule has 0 N–H and O–H groups in total. The Morgan fingerprint density at radius 3 is 1.55 bits per heavy atom. The van der Waals surface area contributed by atoms with Crippen molar-refractivity contribution in [1.82, 2.24) is 24.1 Å². The van der Waals surface area contributed by atoms with E-state index in [0.717, 1.165) is 45.1 Å². The molecule has 5 heteroatoms. The number of imidazole rings is 1. The fourth-order valence-corrected chi connectivity index (χ4v) is 8.99. The Bertz CT molecular complexity index is 3510. The zero-order chi connectivity index (χ0) is 38.2. The number of hydrogen-bond acceptors (Lipinski definition) is 3. The summed E-state index contributed by atoms with van der Waals surface area (Å²) >= 11 is 0. The molecule has 0 radical (unpaired) electrons. The highest BCUT2D eigenvalue weighted by atomic mass is 15.1. The van der Waals surface area contributed by atoms with Crippen molar-refractivity contribution in [2.24, 2.45) is 0 Å². The van der Waals surface area contributed by atoms with E-state index in [9.17, 15) is 0 Å². The smallest absolute Gasteiger partial charge is 0.145 e. The Morgan fingerprint density at radius 2 is 0.862 bits per heavy atom. The van der Waals surface area contributed by atoms with Crippen molar-refractivity contribution in [3.8, 4) is 45.1 Å². The molecule has 0 atom stereocenters. The summed E-state index contributed by atoms with van der Waals surface area (Å²) in [6.45, 7) is 0. The molecule has 270 valence electrons. The van der Waals surface area contributed by atoms with Gasteiger partial charge in [0.2, 0.25) is 0 Å². The molecular formula is C53H33N5. The van der Waals surface area contributed by atoms with Crippen LogP contribution in [0.2, 0.25) is 0 Å². The second-order valence-electron chi connectivity index (χ2n) is 14.9. The van der Waals surface area contributed by atoms with Crippen molar-refractivity contribution in [2.45, 2.75) is 0 Å². The lowest BCUT2D eigenvalue weighted by Gasteiger charge is -2.13. The summed E-state index contributed by atoms with van der Waals surface area (Å²) in [7, 11) is 0. The Kier molecular flexibility index (Phi) is 7.16. The number of aromatic nitrogens is 5. The first-order valence-electron chi connectivity index (χ1n) is 19.6. The quantitative estimate of drug-likeness (QED) is 0.165. The molecule has 12 rings (SSSR count). The van der Waals surface area contributed by atoms with Gasteiger partial charge >= 0.3 is 0 Å². The Balaban J connectivity index is 0.962. The minimum Gasteiger partial charge on any atom is -0.309 e. The zero-order valence-corrected chi connectivity index (χ0v) is 31.3. The van der Waals surface area contributed by atoms with Crippen LogP contribution in [0, 0.1) is 0 Å². The first-order chi connectivity index (χ1) is 28.8. The van der Waals surface area contributed by atoms with Gasteiger partial charge in [-0.05, 0) is 104 Å². The van der Waals surface area contributed by atoms with Crippen LogP contribution in [0.15, 0.2) is 201 Å². The van der Waals surface area contributed by atoms with Crippen LogP contribution < -0.4 is 0 Å². The largest absolute Gasteiger partial charge is 0.309 e. The van der Waals surface area contributed by atoms with Crippen molar-refractivity contribution in [1.29, 1.82) is 0 Å². The van der Waals surface area contributed by atoms with Crippen LogP contribution >= 0.6 is 0 Å². The number of hydrogen-bond donors (Lipinski definition) is 0. The summed E-state index contributed by atoms with van der Waals surface area (Å²) in [5.41, 5.74) is 11.8. The van der Waals surface area contributed by atoms with Crippen LogP contribution in [0.4, 0.5) is 0 Å². The summed E-state index contributed by atoms with van der Waals surface area (Å²) < 4.78 is 4.64. The third-order valence-corrected chi connectivity index (χ3v) is 11.7. The summed E-state index contributed by atoms with van der Waals surface area (Å²) in [5, 5.41) is 10.2. The van der Waals surface area contributed by atoms with Gasteiger partial charge in [-0.2, -0.15) is 0 Å². The van der Waals surface area contributed by atoms with Gasteiger partial charge in [0, 0.05) is 45.7 Å². The van der Waals surface area contributed by atoms with E-state index in [2.05, 4.69) is 195 Å². The van der Waals surface area contributed by atoms with E-state index < -0.39 is 0 Å². The van der Waals surface area contributed by atoms with Gasteiger partial charge in [-0.1, -0.05) is 121 Å². The molecule has 3 aromatic heterocycles. The molecule has 58 heavy (non-hydrogen) atoms. The fourth-order valence-electron chi connectivity index (χ4n) is 8.99. The van der Waals surface area contributed by atoms with Crippen molar-refractivity contribution in [3.63, 3.8) is 0 Å². The molecule has 0 unspecified atom stereocenters. The van der Waals surface area contributed by atoms with Crippen LogP contribution in [-0.2, 0) is 0 Å². The Morgan fingerprint density at radius 1 is 0.345 bits per heavy atom. The van der Waals surface area contributed by atoms with E-state index >= 15 is 0 Å². The standard InChI is InChI=1S/C53H33N5/c1-2-11-42-40(9-1)41-10-3-4-12-43(41)46-31-36(21-27-44(42)46)37-22-28-51-47(32-37)45-13-5-7-15-50(45)57(51)38-23-25-39(26-24-38)58-52-16-8-6-14-48(52)56-53(58)35-19-17-34(18-20-35)49-33-54-29-30-55-49/h1-33H. The van der Waals surface area contributed by atoms with E-state index in [1.54, 1.807) is 18.6 Å². The number of nitrogens with zero attached hydrogens (tertiary/aromatic N) is 5. The van der Waals surface area contributed by atoms with E-state index in [1.165, 1.54) is 65.3 Å². The average Bonchev–Trinajstić information content (AvgIpc) is 3.85. The highest BCUT2D eigenvalue weighted by Gasteiger charge is 2.18. The predicted molar refractivity (Wildman–Crippen MR) is 240 cm³/mol. The second kappa shape index (κ2) is 12.8. The van der Waals surface area contributed by atoms with Gasteiger partial charge < -0.3 is 4.57 Å². The molecule has 0 aliphatic rings. The summed E-state index contributed by atoms with van der Waals surface area (Å²) in [6, 6.07) is 65.8. The molecular weight excluding hydrogens is 707 g/mol. The maximum atomic E-state index is 5.12. The maximum absolute atomic E-state index is 5.12. The normalized spacial score (nSPS) is 11.8. The molecule has 0 amide bonds. The predicted octanol–water partition coefficient (Wildman–Crippen LogP) is 13.4. The number of rotatable bonds is 5. The van der Waals surface area contributed by atoms with E-state index in [4.69, 9.17) is 4.98 Å². The molecule has 0 spiro atoms. The van der Waals surface area contributed by atoms with Crippen LogP contribution in [0.25, 0.3) is 110 Å². The first-order valence-corrected chi connectivity index (χ1v) is 19.6. The molecule has 0 fully saturated rings.